The van der Waals surface area contributed by atoms with Crippen LogP contribution in [0.25, 0.3) is 0 Å². The fourth-order valence-electron chi connectivity index (χ4n) is 20.9. The Morgan fingerprint density at radius 2 is 1.42 bits per heavy atom. The predicted octanol–water partition coefficient (Wildman–Crippen LogP) is 16.3. The number of rotatable bonds is 8. The summed E-state index contributed by atoms with van der Waals surface area (Å²) in [5.41, 5.74) is 3.79. The Balaban J connectivity index is 0.910. The molecule has 0 spiro atoms. The molecule has 18 atom stereocenters. The molecule has 0 saturated heterocycles. The van der Waals surface area contributed by atoms with E-state index >= 15 is 4.79 Å². The zero-order chi connectivity index (χ0) is 43.0. The summed E-state index contributed by atoms with van der Waals surface area (Å²) >= 11 is 0. The summed E-state index contributed by atoms with van der Waals surface area (Å²) in [5, 5.41) is 0. The van der Waals surface area contributed by atoms with Crippen molar-refractivity contribution in [3.05, 3.63) is 11.6 Å². The van der Waals surface area contributed by atoms with Crippen molar-refractivity contribution in [3.63, 3.8) is 0 Å². The lowest BCUT2D eigenvalue weighted by Crippen LogP contribution is -2.66. The van der Waals surface area contributed by atoms with Gasteiger partial charge in [0.25, 0.3) is 0 Å². The molecule has 0 aliphatic heterocycles. The third kappa shape index (κ3) is 6.24. The molecule has 2 heteroatoms. The molecular formula is C58H96O2. The number of allylic oxidation sites excluding steroid dienone is 1. The fourth-order valence-corrected chi connectivity index (χ4v) is 20.9. The van der Waals surface area contributed by atoms with Crippen molar-refractivity contribution in [1.29, 1.82) is 0 Å². The minimum Gasteiger partial charge on any atom is -0.462 e. The van der Waals surface area contributed by atoms with Crippen LogP contribution in [0.5, 0.6) is 0 Å². The summed E-state index contributed by atoms with van der Waals surface area (Å²) in [6.45, 7) is 33.9. The van der Waals surface area contributed by atoms with Gasteiger partial charge in [0.15, 0.2) is 0 Å². The normalized spacial score (nSPS) is 52.2. The van der Waals surface area contributed by atoms with Crippen molar-refractivity contribution >= 4 is 5.97 Å². The molecule has 9 aliphatic rings. The molecule has 0 bridgehead atoms. The van der Waals surface area contributed by atoms with E-state index in [1.807, 2.05) is 0 Å². The van der Waals surface area contributed by atoms with Crippen molar-refractivity contribution < 1.29 is 9.53 Å². The number of ether oxygens (including phenoxy) is 1. The number of hydrogen-bond donors (Lipinski definition) is 0. The minimum atomic E-state index is -0.267. The average molecular weight is 825 g/mol. The standard InChI is InChI=1S/C58H96O2/c1-36(2)15-14-16-38(5)44-19-20-45-43-18-17-40-35-41(24-29-53(40,9)46(43)26-30-54(44,45)10)60-51(59)58-32-25-42(37(3)4)50(58)47-21-22-49-55(11)28-23-39(6)52(7,8)48(55)27-31-57(49,13)56(47,12)33-34-58/h17,36-39,41-50H,14-16,18-35H2,1-13H3/t38-,39?,41-,42?,43+,44-,45+,46+,47-,48?,49-,50?,53+,54-,55+,56-,57-,58+/m1/s1. The van der Waals surface area contributed by atoms with E-state index in [2.05, 4.69) is 96.1 Å². The minimum absolute atomic E-state index is 0.0757. The molecule has 0 aromatic heterocycles. The molecule has 8 saturated carbocycles. The maximum Gasteiger partial charge on any atom is 0.312 e. The van der Waals surface area contributed by atoms with Crippen LogP contribution in [0.3, 0.4) is 0 Å². The fraction of sp³-hybridized carbons (Fsp3) is 0.948. The Morgan fingerprint density at radius 3 is 2.15 bits per heavy atom. The van der Waals surface area contributed by atoms with E-state index in [1.54, 1.807) is 5.57 Å². The first-order valence-electron chi connectivity index (χ1n) is 27.1. The van der Waals surface area contributed by atoms with E-state index in [0.29, 0.717) is 56.2 Å². The summed E-state index contributed by atoms with van der Waals surface area (Å²) < 4.78 is 7.05. The molecule has 0 radical (unpaired) electrons. The Kier molecular flexibility index (Phi) is 11.2. The first kappa shape index (κ1) is 44.4. The van der Waals surface area contributed by atoms with Gasteiger partial charge in [0.05, 0.1) is 5.41 Å². The molecule has 4 unspecified atom stereocenters. The van der Waals surface area contributed by atoms with Crippen molar-refractivity contribution in [2.75, 3.05) is 0 Å². The Bertz CT molecular complexity index is 1650. The highest BCUT2D eigenvalue weighted by molar-refractivity contribution is 5.78. The molecule has 2 nitrogen and oxygen atoms in total. The molecule has 8 fully saturated rings. The largest absolute Gasteiger partial charge is 0.462 e. The molecule has 0 N–H and O–H groups in total. The highest BCUT2D eigenvalue weighted by Crippen LogP contribution is 2.78. The molecule has 60 heavy (non-hydrogen) atoms. The van der Waals surface area contributed by atoms with Crippen LogP contribution in [0.2, 0.25) is 0 Å². The maximum atomic E-state index is 15.3. The van der Waals surface area contributed by atoms with Gasteiger partial charge in [0.1, 0.15) is 6.10 Å². The van der Waals surface area contributed by atoms with Gasteiger partial charge >= 0.3 is 5.97 Å². The number of carbonyl (C=O) groups excluding carboxylic acids is 1. The van der Waals surface area contributed by atoms with Crippen molar-refractivity contribution in [2.24, 2.45) is 115 Å². The quantitative estimate of drug-likeness (QED) is 0.180. The lowest BCUT2D eigenvalue weighted by molar-refractivity contribution is -0.245. The lowest BCUT2D eigenvalue weighted by atomic mass is 9.32. The zero-order valence-electron chi connectivity index (χ0n) is 41.8. The first-order valence-corrected chi connectivity index (χ1v) is 27.1. The number of fused-ring (bicyclic) bond motifs is 12. The van der Waals surface area contributed by atoms with E-state index in [0.717, 1.165) is 78.9 Å². The first-order chi connectivity index (χ1) is 28.2. The second-order valence-corrected chi connectivity index (χ2v) is 27.6. The lowest BCUT2D eigenvalue weighted by Gasteiger charge is -2.73. The number of hydrogen-bond acceptors (Lipinski definition) is 2. The van der Waals surface area contributed by atoms with Crippen LogP contribution in [-0.4, -0.2) is 12.1 Å². The van der Waals surface area contributed by atoms with E-state index in [1.165, 1.54) is 109 Å². The van der Waals surface area contributed by atoms with Crippen LogP contribution < -0.4 is 0 Å². The third-order valence-electron chi connectivity index (χ3n) is 24.8. The highest BCUT2D eigenvalue weighted by atomic mass is 16.5. The molecule has 340 valence electrons. The Labute approximate surface area is 371 Å². The number of esters is 1. The van der Waals surface area contributed by atoms with Crippen LogP contribution in [-0.2, 0) is 9.53 Å². The van der Waals surface area contributed by atoms with Crippen molar-refractivity contribution in [2.45, 2.75) is 231 Å². The van der Waals surface area contributed by atoms with Crippen molar-refractivity contribution in [1.82, 2.24) is 0 Å². The van der Waals surface area contributed by atoms with Gasteiger partial charge in [-0.1, -0.05) is 121 Å². The van der Waals surface area contributed by atoms with Gasteiger partial charge in [0, 0.05) is 6.42 Å². The second kappa shape index (κ2) is 15.1. The molecule has 9 aliphatic carbocycles. The molecule has 0 amide bonds. The van der Waals surface area contributed by atoms with Crippen LogP contribution in [0.1, 0.15) is 225 Å². The molecule has 0 heterocycles. The molecule has 0 aromatic carbocycles. The van der Waals surface area contributed by atoms with Crippen LogP contribution >= 0.6 is 0 Å². The Morgan fingerprint density at radius 1 is 0.683 bits per heavy atom. The molecular weight excluding hydrogens is 729 g/mol. The maximum absolute atomic E-state index is 15.3. The highest BCUT2D eigenvalue weighted by Gasteiger charge is 2.72. The summed E-state index contributed by atoms with van der Waals surface area (Å²) in [5.74, 6) is 10.3. The number of carbonyl (C=O) groups is 1. The van der Waals surface area contributed by atoms with Gasteiger partial charge in [-0.15, -0.1) is 0 Å². The second-order valence-electron chi connectivity index (χ2n) is 27.6. The Hall–Kier alpha value is -0.790. The van der Waals surface area contributed by atoms with Gasteiger partial charge < -0.3 is 4.74 Å². The summed E-state index contributed by atoms with van der Waals surface area (Å²) in [4.78, 5) is 15.3. The third-order valence-corrected chi connectivity index (χ3v) is 24.8. The van der Waals surface area contributed by atoms with Gasteiger partial charge in [-0.25, -0.2) is 0 Å². The average Bonchev–Trinajstić information content (AvgIpc) is 3.76. The zero-order valence-corrected chi connectivity index (χ0v) is 41.8. The van der Waals surface area contributed by atoms with E-state index in [4.69, 9.17) is 4.74 Å². The van der Waals surface area contributed by atoms with E-state index in [9.17, 15) is 0 Å². The van der Waals surface area contributed by atoms with Gasteiger partial charge in [0.2, 0.25) is 0 Å². The van der Waals surface area contributed by atoms with Crippen LogP contribution in [0.4, 0.5) is 0 Å². The summed E-state index contributed by atoms with van der Waals surface area (Å²) in [6, 6.07) is 0. The van der Waals surface area contributed by atoms with Gasteiger partial charge in [-0.05, 0) is 219 Å². The van der Waals surface area contributed by atoms with Crippen molar-refractivity contribution in [3.8, 4) is 0 Å². The van der Waals surface area contributed by atoms with Crippen LogP contribution in [0, 0.1) is 115 Å². The van der Waals surface area contributed by atoms with Gasteiger partial charge in [-0.2, -0.15) is 0 Å². The SMILES string of the molecule is CC(C)CCC[C@@H](C)[C@H]1CC[C@H]2[C@@H]3CC=C4C[C@H](OC(=O)[C@]56CCC(C(C)C)C5[C@H]5CC[C@@H]7[C@@]8(C)CCC(C)C(C)(C)C8CC[C@@]7(C)[C@]5(C)CC6)CC[C@]4(C)[C@H]3CC[C@]12C. The smallest absolute Gasteiger partial charge is 0.312 e. The van der Waals surface area contributed by atoms with E-state index in [-0.39, 0.29) is 17.5 Å². The summed E-state index contributed by atoms with van der Waals surface area (Å²) in [6.07, 6.45) is 30.4. The van der Waals surface area contributed by atoms with E-state index < -0.39 is 0 Å². The summed E-state index contributed by atoms with van der Waals surface area (Å²) in [7, 11) is 0. The van der Waals surface area contributed by atoms with Gasteiger partial charge in [-0.3, -0.25) is 4.79 Å². The molecule has 9 rings (SSSR count). The molecule has 0 aromatic rings. The van der Waals surface area contributed by atoms with Crippen LogP contribution in [0.15, 0.2) is 11.6 Å². The topological polar surface area (TPSA) is 26.3 Å². The monoisotopic (exact) mass is 825 g/mol. The predicted molar refractivity (Wildman–Crippen MR) is 251 cm³/mol.